The Bertz CT molecular complexity index is 382. The summed E-state index contributed by atoms with van der Waals surface area (Å²) in [5.74, 6) is 0.557. The van der Waals surface area contributed by atoms with Gasteiger partial charge in [0.1, 0.15) is 0 Å². The van der Waals surface area contributed by atoms with Crippen molar-refractivity contribution in [3.8, 4) is 0 Å². The van der Waals surface area contributed by atoms with Crippen LogP contribution in [0.4, 0.5) is 0 Å². The smallest absolute Gasteiger partial charge is 0.231 e. The highest BCUT2D eigenvalue weighted by atomic mass is 16.5. The summed E-state index contributed by atoms with van der Waals surface area (Å²) in [4.78, 5) is 13.7. The second kappa shape index (κ2) is 4.88. The molecule has 92 valence electrons. The van der Waals surface area contributed by atoms with Gasteiger partial charge in [-0.15, -0.1) is 0 Å². The van der Waals surface area contributed by atoms with Crippen LogP contribution < -0.4 is 0 Å². The number of hydrogen-bond acceptors (Lipinski definition) is 2. The molecule has 17 heavy (non-hydrogen) atoms. The molecule has 3 nitrogen and oxygen atoms in total. The summed E-state index contributed by atoms with van der Waals surface area (Å²) in [6.07, 6.45) is 12.4. The molecule has 0 bridgehead atoms. The second-order valence-electron chi connectivity index (χ2n) is 4.77. The van der Waals surface area contributed by atoms with Crippen LogP contribution in [0.2, 0.25) is 0 Å². The van der Waals surface area contributed by atoms with Gasteiger partial charge in [-0.05, 0) is 0 Å². The lowest BCUT2D eigenvalue weighted by atomic mass is 9.74. The normalized spacial score (nSPS) is 34.5. The van der Waals surface area contributed by atoms with Crippen LogP contribution in [0.3, 0.4) is 0 Å². The zero-order valence-corrected chi connectivity index (χ0v) is 10.5. The van der Waals surface area contributed by atoms with E-state index in [2.05, 4.69) is 18.2 Å². The molecular formula is C14H19NO2. The number of rotatable bonds is 2. The standard InChI is InChI=1S/C14H19NO2/c1-15(2)14(16)12-9-8-10-6-4-5-7-11(10)13(12)17-3/h4-13H,1-3H3. The molecule has 3 heteroatoms. The Labute approximate surface area is 102 Å². The van der Waals surface area contributed by atoms with E-state index in [1.165, 1.54) is 0 Å². The van der Waals surface area contributed by atoms with E-state index in [4.69, 9.17) is 4.74 Å². The number of carbonyl (C=O) groups excluding carboxylic acids is 1. The van der Waals surface area contributed by atoms with E-state index in [0.717, 1.165) is 0 Å². The summed E-state index contributed by atoms with van der Waals surface area (Å²) >= 11 is 0. The van der Waals surface area contributed by atoms with Crippen molar-refractivity contribution in [1.29, 1.82) is 0 Å². The van der Waals surface area contributed by atoms with Gasteiger partial charge in [0.2, 0.25) is 5.91 Å². The van der Waals surface area contributed by atoms with Crippen molar-refractivity contribution in [3.05, 3.63) is 36.5 Å². The van der Waals surface area contributed by atoms with E-state index in [0.29, 0.717) is 5.92 Å². The quantitative estimate of drug-likeness (QED) is 0.678. The molecule has 0 heterocycles. The molecule has 1 amide bonds. The van der Waals surface area contributed by atoms with Gasteiger partial charge in [-0.25, -0.2) is 0 Å². The first-order valence-electron chi connectivity index (χ1n) is 5.92. The van der Waals surface area contributed by atoms with E-state index in [-0.39, 0.29) is 23.8 Å². The molecule has 0 fully saturated rings. The minimum atomic E-state index is -0.174. The molecule has 0 aromatic carbocycles. The highest BCUT2D eigenvalue weighted by molar-refractivity contribution is 5.81. The largest absolute Gasteiger partial charge is 0.380 e. The Kier molecular flexibility index (Phi) is 3.48. The number of allylic oxidation sites excluding steroid dienone is 4. The van der Waals surface area contributed by atoms with E-state index >= 15 is 0 Å². The Balaban J connectivity index is 2.27. The summed E-state index contributed by atoms with van der Waals surface area (Å²) in [6.45, 7) is 0. The Hall–Kier alpha value is -1.35. The molecule has 4 atom stereocenters. The van der Waals surface area contributed by atoms with Crippen molar-refractivity contribution in [2.75, 3.05) is 21.2 Å². The summed E-state index contributed by atoms with van der Waals surface area (Å²) in [5.41, 5.74) is 0. The maximum Gasteiger partial charge on any atom is 0.231 e. The van der Waals surface area contributed by atoms with Gasteiger partial charge in [0.15, 0.2) is 0 Å². The molecule has 4 unspecified atom stereocenters. The number of carbonyl (C=O) groups is 1. The van der Waals surface area contributed by atoms with Crippen molar-refractivity contribution in [3.63, 3.8) is 0 Å². The number of nitrogens with zero attached hydrogens (tertiary/aromatic N) is 1. The molecule has 0 spiro atoms. The van der Waals surface area contributed by atoms with Crippen molar-refractivity contribution >= 4 is 5.91 Å². The first-order valence-corrected chi connectivity index (χ1v) is 5.92. The third-order valence-electron chi connectivity index (χ3n) is 3.49. The van der Waals surface area contributed by atoms with E-state index in [1.54, 1.807) is 26.1 Å². The lowest BCUT2D eigenvalue weighted by Gasteiger charge is -2.37. The number of methoxy groups -OCH3 is 1. The van der Waals surface area contributed by atoms with Crippen molar-refractivity contribution in [1.82, 2.24) is 4.90 Å². The van der Waals surface area contributed by atoms with E-state index < -0.39 is 0 Å². The molecule has 0 saturated carbocycles. The Morgan fingerprint density at radius 3 is 2.47 bits per heavy atom. The predicted molar refractivity (Wildman–Crippen MR) is 67.4 cm³/mol. The summed E-state index contributed by atoms with van der Waals surface area (Å²) < 4.78 is 5.56. The van der Waals surface area contributed by atoms with Gasteiger partial charge >= 0.3 is 0 Å². The predicted octanol–water partition coefficient (Wildman–Crippen LogP) is 1.63. The highest BCUT2D eigenvalue weighted by Crippen LogP contribution is 2.35. The number of amides is 1. The zero-order chi connectivity index (χ0) is 12.4. The summed E-state index contributed by atoms with van der Waals surface area (Å²) in [6, 6.07) is 0. The van der Waals surface area contributed by atoms with Gasteiger partial charge in [-0.3, -0.25) is 4.79 Å². The van der Waals surface area contributed by atoms with E-state index in [9.17, 15) is 4.79 Å². The van der Waals surface area contributed by atoms with Crippen LogP contribution in [0.15, 0.2) is 36.5 Å². The van der Waals surface area contributed by atoms with Gasteiger partial charge in [0.25, 0.3) is 0 Å². The van der Waals surface area contributed by atoms with Crippen LogP contribution in [0.5, 0.6) is 0 Å². The minimum Gasteiger partial charge on any atom is -0.380 e. The molecule has 2 aliphatic rings. The SMILES string of the molecule is COC1C(C(=O)N(C)C)C=CC2C=CC=CC21. The molecule has 0 N–H and O–H groups in total. The molecule has 2 aliphatic carbocycles. The number of fused-ring (bicyclic) bond motifs is 1. The molecular weight excluding hydrogens is 214 g/mol. The molecule has 0 radical (unpaired) electrons. The lowest BCUT2D eigenvalue weighted by molar-refractivity contribution is -0.137. The first kappa shape index (κ1) is 12.1. The average molecular weight is 233 g/mol. The van der Waals surface area contributed by atoms with Crippen LogP contribution in [-0.4, -0.2) is 38.1 Å². The summed E-state index contributed by atoms with van der Waals surface area (Å²) in [5, 5.41) is 0. The van der Waals surface area contributed by atoms with Crippen LogP contribution >= 0.6 is 0 Å². The van der Waals surface area contributed by atoms with Gasteiger partial charge in [-0.2, -0.15) is 0 Å². The fourth-order valence-electron chi connectivity index (χ4n) is 2.58. The number of ether oxygens (including phenoxy) is 1. The minimum absolute atomic E-state index is 0.0684. The Morgan fingerprint density at radius 1 is 1.12 bits per heavy atom. The number of hydrogen-bond donors (Lipinski definition) is 0. The molecule has 0 saturated heterocycles. The molecule has 0 aliphatic heterocycles. The Morgan fingerprint density at radius 2 is 1.82 bits per heavy atom. The lowest BCUT2D eigenvalue weighted by Crippen LogP contribution is -2.44. The highest BCUT2D eigenvalue weighted by Gasteiger charge is 2.38. The van der Waals surface area contributed by atoms with Gasteiger partial charge in [0.05, 0.1) is 12.0 Å². The van der Waals surface area contributed by atoms with Crippen LogP contribution in [0.25, 0.3) is 0 Å². The van der Waals surface area contributed by atoms with Gasteiger partial charge in [0, 0.05) is 33.0 Å². The molecule has 0 aromatic rings. The van der Waals surface area contributed by atoms with Gasteiger partial charge < -0.3 is 9.64 Å². The topological polar surface area (TPSA) is 29.5 Å². The van der Waals surface area contributed by atoms with Crippen molar-refractivity contribution in [2.24, 2.45) is 17.8 Å². The van der Waals surface area contributed by atoms with Crippen molar-refractivity contribution in [2.45, 2.75) is 6.10 Å². The van der Waals surface area contributed by atoms with Gasteiger partial charge in [-0.1, -0.05) is 36.5 Å². The third kappa shape index (κ3) is 2.20. The van der Waals surface area contributed by atoms with E-state index in [1.807, 2.05) is 18.2 Å². The average Bonchev–Trinajstić information content (AvgIpc) is 2.36. The maximum absolute atomic E-state index is 12.1. The van der Waals surface area contributed by atoms with Crippen molar-refractivity contribution < 1.29 is 9.53 Å². The monoisotopic (exact) mass is 233 g/mol. The van der Waals surface area contributed by atoms with Crippen LogP contribution in [0.1, 0.15) is 0 Å². The molecule has 2 rings (SSSR count). The second-order valence-corrected chi connectivity index (χ2v) is 4.77. The fraction of sp³-hybridized carbons (Fsp3) is 0.500. The zero-order valence-electron chi connectivity index (χ0n) is 10.5. The summed E-state index contributed by atoms with van der Waals surface area (Å²) in [7, 11) is 5.25. The third-order valence-corrected chi connectivity index (χ3v) is 3.49. The van der Waals surface area contributed by atoms with Crippen LogP contribution in [-0.2, 0) is 9.53 Å². The van der Waals surface area contributed by atoms with Crippen LogP contribution in [0, 0.1) is 17.8 Å². The first-order chi connectivity index (χ1) is 8.15. The maximum atomic E-state index is 12.1. The molecule has 0 aromatic heterocycles. The fourth-order valence-corrected chi connectivity index (χ4v) is 2.58.